The van der Waals surface area contributed by atoms with Crippen LogP contribution in [0.15, 0.2) is 0 Å². The molecule has 0 bridgehead atoms. The van der Waals surface area contributed by atoms with Crippen molar-refractivity contribution < 1.29 is 53.6 Å². The summed E-state index contributed by atoms with van der Waals surface area (Å²) in [6, 6.07) is 0. The molecule has 0 unspecified atom stereocenters. The Morgan fingerprint density at radius 1 is 0.520 bits per heavy atom. The third-order valence-electron chi connectivity index (χ3n) is 3.50. The van der Waals surface area contributed by atoms with Crippen LogP contribution in [0.3, 0.4) is 0 Å². The van der Waals surface area contributed by atoms with Gasteiger partial charge in [0.2, 0.25) is 0 Å². The fraction of sp³-hybridized carbons (Fsp3) is 1.00. The molecule has 0 saturated heterocycles. The third kappa shape index (κ3) is 36.4. The van der Waals surface area contributed by atoms with Gasteiger partial charge in [-0.3, -0.25) is 0 Å². The summed E-state index contributed by atoms with van der Waals surface area (Å²) in [6.07, 6.45) is 11.9. The molecule has 0 rings (SSSR count). The van der Waals surface area contributed by atoms with Crippen molar-refractivity contribution >= 4 is 20.2 Å². The van der Waals surface area contributed by atoms with Crippen LogP contribution in [0.5, 0.6) is 0 Å². The van der Waals surface area contributed by atoms with E-state index in [1.807, 2.05) is 0 Å². The molecular formula is C16H34HgO6S2. The van der Waals surface area contributed by atoms with E-state index in [0.717, 1.165) is 38.5 Å². The van der Waals surface area contributed by atoms with Crippen LogP contribution in [0.4, 0.5) is 0 Å². The minimum Gasteiger partial charge on any atom is -0.748 e. The van der Waals surface area contributed by atoms with Crippen LogP contribution in [0.1, 0.15) is 90.9 Å². The van der Waals surface area contributed by atoms with Gasteiger partial charge in [-0.2, -0.15) is 0 Å². The Labute approximate surface area is 175 Å². The first kappa shape index (κ1) is 30.5. The van der Waals surface area contributed by atoms with Crippen molar-refractivity contribution in [3.05, 3.63) is 0 Å². The van der Waals surface area contributed by atoms with E-state index >= 15 is 0 Å². The van der Waals surface area contributed by atoms with Gasteiger partial charge in [-0.15, -0.1) is 0 Å². The molecule has 0 atom stereocenters. The maximum absolute atomic E-state index is 10.2. The van der Waals surface area contributed by atoms with Gasteiger partial charge < -0.3 is 9.11 Å². The van der Waals surface area contributed by atoms with Crippen molar-refractivity contribution in [1.82, 2.24) is 0 Å². The monoisotopic (exact) mass is 588 g/mol. The van der Waals surface area contributed by atoms with Crippen LogP contribution in [0.2, 0.25) is 0 Å². The predicted octanol–water partition coefficient (Wildman–Crippen LogP) is 3.78. The summed E-state index contributed by atoms with van der Waals surface area (Å²) in [5.74, 6) is -0.391. The van der Waals surface area contributed by atoms with E-state index < -0.39 is 20.2 Å². The molecule has 6 nitrogen and oxygen atoms in total. The second kappa shape index (κ2) is 19.5. The molecule has 0 fully saturated rings. The summed E-state index contributed by atoms with van der Waals surface area (Å²) in [5.41, 5.74) is 0. The van der Waals surface area contributed by atoms with E-state index in [1.54, 1.807) is 0 Å². The fourth-order valence-electron chi connectivity index (χ4n) is 2.12. The Bertz CT molecular complexity index is 419. The first-order valence-corrected chi connectivity index (χ1v) is 12.1. The molecule has 9 heteroatoms. The summed E-state index contributed by atoms with van der Waals surface area (Å²) in [5, 5.41) is 0. The van der Waals surface area contributed by atoms with Gasteiger partial charge in [0.15, 0.2) is 0 Å². The fourth-order valence-corrected chi connectivity index (χ4v) is 3.23. The molecule has 25 heavy (non-hydrogen) atoms. The zero-order valence-electron chi connectivity index (χ0n) is 15.9. The summed E-state index contributed by atoms with van der Waals surface area (Å²) >= 11 is 0. The molecule has 0 aromatic heterocycles. The summed E-state index contributed by atoms with van der Waals surface area (Å²) < 4.78 is 61.0. The van der Waals surface area contributed by atoms with Crippen molar-refractivity contribution in [1.29, 1.82) is 0 Å². The van der Waals surface area contributed by atoms with Crippen LogP contribution < -0.4 is 0 Å². The van der Waals surface area contributed by atoms with Gasteiger partial charge in [-0.05, 0) is 12.8 Å². The molecule has 0 heterocycles. The SMILES string of the molecule is CCCCCCCCS(=O)(=O)[O-].CCCCCCCCS(=O)(=O)[O-].[Hg+2]. The van der Waals surface area contributed by atoms with Crippen LogP contribution >= 0.6 is 0 Å². The van der Waals surface area contributed by atoms with E-state index in [4.69, 9.17) is 0 Å². The summed E-state index contributed by atoms with van der Waals surface area (Å²) in [4.78, 5) is 0. The van der Waals surface area contributed by atoms with Crippen LogP contribution in [-0.4, -0.2) is 37.4 Å². The summed E-state index contributed by atoms with van der Waals surface area (Å²) in [7, 11) is -7.93. The summed E-state index contributed by atoms with van der Waals surface area (Å²) in [6.45, 7) is 4.25. The van der Waals surface area contributed by atoms with Crippen molar-refractivity contribution in [3.8, 4) is 0 Å². The number of hydrogen-bond acceptors (Lipinski definition) is 6. The number of hydrogen-bond donors (Lipinski definition) is 0. The predicted molar refractivity (Wildman–Crippen MR) is 95.9 cm³/mol. The van der Waals surface area contributed by atoms with E-state index in [2.05, 4.69) is 13.8 Å². The molecule has 148 valence electrons. The Kier molecular flexibility index (Phi) is 23.8. The molecular weight excluding hydrogens is 553 g/mol. The Balaban J connectivity index is -0.000000372. The molecule has 0 N–H and O–H groups in total. The molecule has 0 saturated carbocycles. The van der Waals surface area contributed by atoms with Gasteiger partial charge in [0.1, 0.15) is 0 Å². The van der Waals surface area contributed by atoms with E-state index in [9.17, 15) is 25.9 Å². The maximum Gasteiger partial charge on any atom is 2.00 e. The topological polar surface area (TPSA) is 114 Å². The second-order valence-corrected chi connectivity index (χ2v) is 9.11. The Morgan fingerprint density at radius 2 is 0.760 bits per heavy atom. The molecule has 0 aromatic rings. The van der Waals surface area contributed by atoms with E-state index in [1.165, 1.54) is 25.7 Å². The van der Waals surface area contributed by atoms with Gasteiger partial charge in [-0.25, -0.2) is 16.8 Å². The molecule has 0 amide bonds. The first-order chi connectivity index (χ1) is 11.1. The van der Waals surface area contributed by atoms with Crippen molar-refractivity contribution in [2.75, 3.05) is 11.5 Å². The quantitative estimate of drug-likeness (QED) is 0.174. The number of rotatable bonds is 14. The second-order valence-electron chi connectivity index (χ2n) is 6.06. The molecule has 0 aliphatic heterocycles. The molecule has 0 aliphatic rings. The van der Waals surface area contributed by atoms with E-state index in [-0.39, 0.29) is 39.2 Å². The number of unbranched alkanes of at least 4 members (excludes halogenated alkanes) is 10. The van der Waals surface area contributed by atoms with Crippen molar-refractivity contribution in [2.24, 2.45) is 0 Å². The third-order valence-corrected chi connectivity index (χ3v) is 5.07. The minimum absolute atomic E-state index is 0. The van der Waals surface area contributed by atoms with Gasteiger partial charge in [0.25, 0.3) is 0 Å². The van der Waals surface area contributed by atoms with Gasteiger partial charge in [0, 0.05) is 11.5 Å². The molecule has 0 radical (unpaired) electrons. The molecule has 0 spiro atoms. The zero-order valence-corrected chi connectivity index (χ0v) is 23.0. The van der Waals surface area contributed by atoms with Gasteiger partial charge in [-0.1, -0.05) is 78.1 Å². The van der Waals surface area contributed by atoms with Crippen LogP contribution in [-0.2, 0) is 47.9 Å². The van der Waals surface area contributed by atoms with Crippen LogP contribution in [0, 0.1) is 0 Å². The normalized spacial score (nSPS) is 11.4. The zero-order chi connectivity index (χ0) is 18.9. The minimum atomic E-state index is -3.97. The van der Waals surface area contributed by atoms with Crippen molar-refractivity contribution in [2.45, 2.75) is 90.9 Å². The maximum atomic E-state index is 10.2. The Morgan fingerprint density at radius 3 is 1.00 bits per heavy atom. The average molecular weight is 587 g/mol. The molecule has 0 aliphatic carbocycles. The standard InChI is InChI=1S/2C8H18O3S.Hg/c2*1-2-3-4-5-6-7-8-12(9,10)11;/h2*2-8H2,1H3,(H,9,10,11);/q;;+2/p-2. The van der Waals surface area contributed by atoms with E-state index in [0.29, 0.717) is 12.8 Å². The largest absolute Gasteiger partial charge is 2.00 e. The average Bonchev–Trinajstić information content (AvgIpc) is 2.45. The molecule has 0 aromatic carbocycles. The first-order valence-electron chi connectivity index (χ1n) is 8.99. The smallest absolute Gasteiger partial charge is 0.748 e. The van der Waals surface area contributed by atoms with Gasteiger partial charge >= 0.3 is 27.7 Å². The van der Waals surface area contributed by atoms with Crippen molar-refractivity contribution in [3.63, 3.8) is 0 Å². The van der Waals surface area contributed by atoms with Gasteiger partial charge in [0.05, 0.1) is 20.2 Å². The Hall–Kier alpha value is 0.755. The van der Waals surface area contributed by atoms with Crippen LogP contribution in [0.25, 0.3) is 0 Å².